The normalized spacial score (nSPS) is 29.3. The van der Waals surface area contributed by atoms with Gasteiger partial charge in [0.25, 0.3) is 5.91 Å². The number of anilines is 1. The van der Waals surface area contributed by atoms with Crippen molar-refractivity contribution in [3.8, 4) is 5.75 Å². The minimum Gasteiger partial charge on any atom is -0.508 e. The number of aliphatic hydroxyl groups is 4. The molecule has 0 saturated heterocycles. The first-order valence-electron chi connectivity index (χ1n) is 11.3. The van der Waals surface area contributed by atoms with Gasteiger partial charge in [0.15, 0.2) is 11.4 Å². The Kier molecular flexibility index (Phi) is 6.05. The number of carbonyl (C=O) groups excluding carboxylic acids is 4. The van der Waals surface area contributed by atoms with Gasteiger partial charge in [0.2, 0.25) is 5.78 Å². The largest absolute Gasteiger partial charge is 0.508 e. The molecule has 5 unspecified atom stereocenters. The molecule has 8 N–H and O–H groups in total. The number of fused-ring (bicyclic) bond motifs is 3. The Hall–Kier alpha value is -3.90. The lowest BCUT2D eigenvalue weighted by atomic mass is 9.55. The first-order valence-corrected chi connectivity index (χ1v) is 11.3. The molecule has 1 aromatic carbocycles. The van der Waals surface area contributed by atoms with E-state index in [2.05, 4.69) is 5.32 Å². The van der Waals surface area contributed by atoms with E-state index in [4.69, 9.17) is 10.5 Å². The fourth-order valence-corrected chi connectivity index (χ4v) is 5.52. The topological polar surface area (TPSA) is 217 Å². The van der Waals surface area contributed by atoms with E-state index < -0.39 is 87.7 Å². The van der Waals surface area contributed by atoms with Crippen LogP contribution in [0.4, 0.5) is 5.69 Å². The number of nitrogens with two attached hydrogens (primary N) is 1. The molecule has 36 heavy (non-hydrogen) atoms. The highest BCUT2D eigenvalue weighted by molar-refractivity contribution is 6.23. The van der Waals surface area contributed by atoms with Crippen LogP contribution in [-0.4, -0.2) is 73.8 Å². The first kappa shape index (κ1) is 25.2. The molecule has 4 rings (SSSR count). The smallest absolute Gasteiger partial charge is 0.325 e. The fraction of sp³-hybridized carbons (Fsp3) is 0.417. The van der Waals surface area contributed by atoms with Crippen LogP contribution in [0, 0.1) is 11.8 Å². The number of esters is 1. The van der Waals surface area contributed by atoms with Crippen molar-refractivity contribution in [3.05, 3.63) is 40.2 Å². The van der Waals surface area contributed by atoms with Crippen LogP contribution in [0.3, 0.4) is 0 Å². The SMILES string of the molecule is CCOC(=O)CNc1ccc2c(c1O)C(O)=C1C(=O)C3(O)C(O)=C(C(N)=O)C(=O)CC3C(O)C1C2C. The van der Waals surface area contributed by atoms with Gasteiger partial charge in [-0.3, -0.25) is 19.2 Å². The van der Waals surface area contributed by atoms with Crippen molar-refractivity contribution >= 4 is 34.9 Å². The average Bonchev–Trinajstić information content (AvgIpc) is 2.81. The number of ketones is 2. The molecule has 0 aliphatic heterocycles. The summed E-state index contributed by atoms with van der Waals surface area (Å²) in [6.45, 7) is 3.11. The Balaban J connectivity index is 1.87. The Bertz CT molecular complexity index is 1270. The zero-order valence-electron chi connectivity index (χ0n) is 19.4. The summed E-state index contributed by atoms with van der Waals surface area (Å²) >= 11 is 0. The number of hydrogen-bond acceptors (Lipinski definition) is 11. The maximum Gasteiger partial charge on any atom is 0.325 e. The Morgan fingerprint density at radius 1 is 1.22 bits per heavy atom. The number of rotatable bonds is 5. The predicted molar refractivity (Wildman–Crippen MR) is 123 cm³/mol. The number of aliphatic hydroxyl groups excluding tert-OH is 3. The molecule has 3 aliphatic carbocycles. The quantitative estimate of drug-likeness (QED) is 0.161. The molecular weight excluding hydrogens is 476 g/mol. The summed E-state index contributed by atoms with van der Waals surface area (Å²) in [7, 11) is 0. The third-order valence-corrected chi connectivity index (χ3v) is 7.23. The standard InChI is InChI=1S/C24H26N2O10/c1-3-36-13(28)7-26-11-5-4-9-8(2)14-17(20(31)15(9)19(11)30)22(33)24(35)10(18(14)29)6-12(27)16(21(24)32)23(25)34/h4-5,8,10,14,18,26,29-32,35H,3,6-7H2,1-2H3,(H2,25,34). The van der Waals surface area contributed by atoms with Gasteiger partial charge in [-0.05, 0) is 24.5 Å². The van der Waals surface area contributed by atoms with Crippen molar-refractivity contribution in [2.24, 2.45) is 17.6 Å². The van der Waals surface area contributed by atoms with Crippen molar-refractivity contribution in [2.75, 3.05) is 18.5 Å². The van der Waals surface area contributed by atoms with Crippen LogP contribution < -0.4 is 11.1 Å². The number of Topliss-reactive ketones (excluding diaryl/α,β-unsaturated/α-hetero) is 2. The molecule has 1 aromatic rings. The van der Waals surface area contributed by atoms with E-state index in [9.17, 15) is 44.7 Å². The van der Waals surface area contributed by atoms with E-state index in [0.29, 0.717) is 5.56 Å². The number of phenolic OH excluding ortho intramolecular Hbond substituents is 1. The molecule has 12 nitrogen and oxygen atoms in total. The summed E-state index contributed by atoms with van der Waals surface area (Å²) in [4.78, 5) is 49.5. The second-order valence-corrected chi connectivity index (χ2v) is 9.07. The van der Waals surface area contributed by atoms with E-state index in [-0.39, 0.29) is 24.4 Å². The van der Waals surface area contributed by atoms with Crippen LogP contribution in [0.25, 0.3) is 5.76 Å². The van der Waals surface area contributed by atoms with Crippen LogP contribution >= 0.6 is 0 Å². The molecule has 0 bridgehead atoms. The summed E-state index contributed by atoms with van der Waals surface area (Å²) in [6.07, 6.45) is -2.24. The van der Waals surface area contributed by atoms with Crippen molar-refractivity contribution in [1.82, 2.24) is 0 Å². The summed E-state index contributed by atoms with van der Waals surface area (Å²) in [6, 6.07) is 2.99. The number of aromatic hydroxyl groups is 1. The number of phenols is 1. The second kappa shape index (κ2) is 8.64. The number of carbonyl (C=O) groups is 4. The highest BCUT2D eigenvalue weighted by Crippen LogP contribution is 2.56. The molecule has 0 spiro atoms. The van der Waals surface area contributed by atoms with E-state index in [1.807, 2.05) is 0 Å². The van der Waals surface area contributed by atoms with Gasteiger partial charge < -0.3 is 41.3 Å². The molecule has 3 aliphatic rings. The van der Waals surface area contributed by atoms with Crippen LogP contribution in [0.1, 0.15) is 37.3 Å². The van der Waals surface area contributed by atoms with Gasteiger partial charge in [-0.25, -0.2) is 0 Å². The average molecular weight is 502 g/mol. The maximum absolute atomic E-state index is 13.6. The molecule has 12 heteroatoms. The first-order chi connectivity index (χ1) is 16.9. The van der Waals surface area contributed by atoms with Crippen LogP contribution in [-0.2, 0) is 23.9 Å². The Morgan fingerprint density at radius 3 is 2.50 bits per heavy atom. The fourth-order valence-electron chi connectivity index (χ4n) is 5.52. The van der Waals surface area contributed by atoms with Gasteiger partial charge in [-0.2, -0.15) is 0 Å². The molecule has 0 radical (unpaired) electrons. The number of nitrogens with one attached hydrogen (secondary N) is 1. The lowest BCUT2D eigenvalue weighted by Crippen LogP contribution is -2.63. The molecule has 5 atom stereocenters. The minimum absolute atomic E-state index is 0.0435. The number of benzene rings is 1. The molecule has 192 valence electrons. The molecular formula is C24H26N2O10. The van der Waals surface area contributed by atoms with Crippen LogP contribution in [0.2, 0.25) is 0 Å². The highest BCUT2D eigenvalue weighted by Gasteiger charge is 2.64. The molecule has 0 aromatic heterocycles. The monoisotopic (exact) mass is 502 g/mol. The van der Waals surface area contributed by atoms with Gasteiger partial charge in [0.1, 0.15) is 29.4 Å². The van der Waals surface area contributed by atoms with Crippen LogP contribution in [0.15, 0.2) is 29.0 Å². The van der Waals surface area contributed by atoms with E-state index in [1.54, 1.807) is 13.8 Å². The Labute approximate surface area is 204 Å². The number of hydrogen-bond donors (Lipinski definition) is 7. The van der Waals surface area contributed by atoms with Crippen molar-refractivity contribution in [1.29, 1.82) is 0 Å². The van der Waals surface area contributed by atoms with Crippen molar-refractivity contribution in [2.45, 2.75) is 37.9 Å². The zero-order valence-corrected chi connectivity index (χ0v) is 19.4. The van der Waals surface area contributed by atoms with Crippen molar-refractivity contribution < 1.29 is 49.4 Å². The van der Waals surface area contributed by atoms with Crippen molar-refractivity contribution in [3.63, 3.8) is 0 Å². The van der Waals surface area contributed by atoms with Gasteiger partial charge in [0, 0.05) is 23.8 Å². The number of amides is 1. The predicted octanol–water partition coefficient (Wildman–Crippen LogP) is -0.0693. The zero-order chi connectivity index (χ0) is 26.7. The molecule has 0 heterocycles. The van der Waals surface area contributed by atoms with Gasteiger partial charge in [0.05, 0.1) is 24.0 Å². The minimum atomic E-state index is -2.90. The lowest BCUT2D eigenvalue weighted by Gasteiger charge is -2.50. The summed E-state index contributed by atoms with van der Waals surface area (Å²) in [5.74, 6) is -9.97. The second-order valence-electron chi connectivity index (χ2n) is 9.07. The van der Waals surface area contributed by atoms with Gasteiger partial charge in [-0.1, -0.05) is 13.0 Å². The van der Waals surface area contributed by atoms with E-state index in [0.717, 1.165) is 0 Å². The highest BCUT2D eigenvalue weighted by atomic mass is 16.5. The summed E-state index contributed by atoms with van der Waals surface area (Å²) in [5.41, 5.74) is 1.06. The van der Waals surface area contributed by atoms with Gasteiger partial charge in [-0.15, -0.1) is 0 Å². The third-order valence-electron chi connectivity index (χ3n) is 7.23. The number of primary amides is 1. The Morgan fingerprint density at radius 2 is 1.89 bits per heavy atom. The molecule has 1 fully saturated rings. The summed E-state index contributed by atoms with van der Waals surface area (Å²) in [5, 5.41) is 57.8. The maximum atomic E-state index is 13.6. The van der Waals surface area contributed by atoms with Gasteiger partial charge >= 0.3 is 5.97 Å². The lowest BCUT2D eigenvalue weighted by molar-refractivity contribution is -0.160. The summed E-state index contributed by atoms with van der Waals surface area (Å²) < 4.78 is 4.83. The number of ether oxygens (including phenoxy) is 1. The van der Waals surface area contributed by atoms with E-state index in [1.165, 1.54) is 12.1 Å². The molecule has 1 amide bonds. The van der Waals surface area contributed by atoms with Crippen LogP contribution in [0.5, 0.6) is 5.75 Å². The molecule has 1 saturated carbocycles. The van der Waals surface area contributed by atoms with E-state index >= 15 is 0 Å². The third kappa shape index (κ3) is 3.36.